The van der Waals surface area contributed by atoms with Gasteiger partial charge in [0.1, 0.15) is 0 Å². The highest BCUT2D eigenvalue weighted by atomic mass is 16.3. The molecule has 0 spiro atoms. The quantitative estimate of drug-likeness (QED) is 0.781. The minimum absolute atomic E-state index is 0.0282. The number of nitrogens with zero attached hydrogens (tertiary/aromatic N) is 1. The molecule has 0 radical (unpaired) electrons. The molecule has 1 heterocycles. The maximum atomic E-state index is 9.81. The lowest BCUT2D eigenvalue weighted by molar-refractivity contribution is 0.0402. The van der Waals surface area contributed by atoms with Gasteiger partial charge in [-0.1, -0.05) is 19.8 Å². The first-order valence-electron chi connectivity index (χ1n) is 7.25. The monoisotopic (exact) mass is 225 g/mol. The van der Waals surface area contributed by atoms with Crippen molar-refractivity contribution in [1.82, 2.24) is 4.90 Å². The summed E-state index contributed by atoms with van der Waals surface area (Å²) in [5.74, 6) is 0. The lowest BCUT2D eigenvalue weighted by atomic mass is 9.90. The van der Waals surface area contributed by atoms with E-state index in [1.165, 1.54) is 51.5 Å². The van der Waals surface area contributed by atoms with Gasteiger partial charge in [0, 0.05) is 12.1 Å². The van der Waals surface area contributed by atoms with Gasteiger partial charge in [0.05, 0.1) is 6.10 Å². The molecule has 0 aromatic heterocycles. The number of hydrogen-bond donors (Lipinski definition) is 1. The molecule has 1 aliphatic carbocycles. The summed E-state index contributed by atoms with van der Waals surface area (Å²) < 4.78 is 0. The number of hydrogen-bond acceptors (Lipinski definition) is 2. The molecule has 0 aromatic rings. The first-order chi connectivity index (χ1) is 7.81. The highest BCUT2D eigenvalue weighted by molar-refractivity contribution is 4.85. The standard InChI is InChI=1S/C14H27NO/c1-2-12-7-4-3-5-10-15(12)13-8-6-9-14(16)11-13/h12-14,16H,2-11H2,1H3. The van der Waals surface area contributed by atoms with E-state index in [-0.39, 0.29) is 6.10 Å². The molecule has 1 N–H and O–H groups in total. The van der Waals surface area contributed by atoms with Crippen LogP contribution in [0.1, 0.15) is 64.7 Å². The average Bonchev–Trinajstić information content (AvgIpc) is 2.53. The lowest BCUT2D eigenvalue weighted by Gasteiger charge is -2.40. The van der Waals surface area contributed by atoms with Crippen LogP contribution in [-0.2, 0) is 0 Å². The van der Waals surface area contributed by atoms with E-state index in [9.17, 15) is 5.11 Å². The zero-order valence-corrected chi connectivity index (χ0v) is 10.7. The molecule has 1 aliphatic heterocycles. The molecule has 0 amide bonds. The van der Waals surface area contributed by atoms with Crippen LogP contribution in [0.5, 0.6) is 0 Å². The Bertz CT molecular complexity index is 207. The van der Waals surface area contributed by atoms with E-state index in [4.69, 9.17) is 0 Å². The van der Waals surface area contributed by atoms with Crippen molar-refractivity contribution in [3.8, 4) is 0 Å². The Morgan fingerprint density at radius 1 is 1.06 bits per heavy atom. The van der Waals surface area contributed by atoms with Crippen molar-refractivity contribution in [2.45, 2.75) is 82.9 Å². The van der Waals surface area contributed by atoms with Crippen LogP contribution < -0.4 is 0 Å². The smallest absolute Gasteiger partial charge is 0.0555 e. The predicted molar refractivity (Wildman–Crippen MR) is 67.5 cm³/mol. The number of aliphatic hydroxyl groups excluding tert-OH is 1. The molecule has 2 fully saturated rings. The van der Waals surface area contributed by atoms with Gasteiger partial charge in [0.2, 0.25) is 0 Å². The summed E-state index contributed by atoms with van der Waals surface area (Å²) >= 11 is 0. The van der Waals surface area contributed by atoms with Crippen LogP contribution in [0.25, 0.3) is 0 Å². The van der Waals surface area contributed by atoms with Gasteiger partial charge in [-0.15, -0.1) is 0 Å². The zero-order valence-electron chi connectivity index (χ0n) is 10.7. The second-order valence-electron chi connectivity index (χ2n) is 5.62. The maximum Gasteiger partial charge on any atom is 0.0555 e. The molecule has 2 aliphatic rings. The van der Waals surface area contributed by atoms with Gasteiger partial charge in [-0.3, -0.25) is 4.90 Å². The summed E-state index contributed by atoms with van der Waals surface area (Å²) in [5, 5.41) is 9.81. The Morgan fingerprint density at radius 2 is 1.94 bits per heavy atom. The van der Waals surface area contributed by atoms with E-state index in [1.54, 1.807) is 0 Å². The predicted octanol–water partition coefficient (Wildman–Crippen LogP) is 2.94. The van der Waals surface area contributed by atoms with Crippen molar-refractivity contribution in [2.24, 2.45) is 0 Å². The van der Waals surface area contributed by atoms with Crippen molar-refractivity contribution in [1.29, 1.82) is 0 Å². The molecular formula is C14H27NO. The highest BCUT2D eigenvalue weighted by Gasteiger charge is 2.30. The molecule has 3 unspecified atom stereocenters. The Morgan fingerprint density at radius 3 is 2.69 bits per heavy atom. The Labute approximate surface area is 100 Å². The van der Waals surface area contributed by atoms with E-state index in [1.807, 2.05) is 0 Å². The lowest BCUT2D eigenvalue weighted by Crippen LogP contribution is -2.45. The van der Waals surface area contributed by atoms with E-state index >= 15 is 0 Å². The third-order valence-corrected chi connectivity index (χ3v) is 4.48. The van der Waals surface area contributed by atoms with Crippen LogP contribution in [0.15, 0.2) is 0 Å². The van der Waals surface area contributed by atoms with Crippen LogP contribution in [-0.4, -0.2) is 34.7 Å². The minimum atomic E-state index is -0.0282. The highest BCUT2D eigenvalue weighted by Crippen LogP contribution is 2.29. The van der Waals surface area contributed by atoms with E-state index in [2.05, 4.69) is 11.8 Å². The summed E-state index contributed by atoms with van der Waals surface area (Å²) in [5.41, 5.74) is 0. The largest absolute Gasteiger partial charge is 0.393 e. The van der Waals surface area contributed by atoms with Crippen molar-refractivity contribution in [2.75, 3.05) is 6.54 Å². The fraction of sp³-hybridized carbons (Fsp3) is 1.00. The fourth-order valence-corrected chi connectivity index (χ4v) is 3.56. The third-order valence-electron chi connectivity index (χ3n) is 4.48. The second-order valence-corrected chi connectivity index (χ2v) is 5.62. The van der Waals surface area contributed by atoms with Gasteiger partial charge in [0.25, 0.3) is 0 Å². The topological polar surface area (TPSA) is 23.5 Å². The van der Waals surface area contributed by atoms with E-state index in [0.717, 1.165) is 18.9 Å². The molecule has 3 atom stereocenters. The van der Waals surface area contributed by atoms with Crippen molar-refractivity contribution in [3.63, 3.8) is 0 Å². The molecular weight excluding hydrogens is 198 g/mol. The molecule has 0 bridgehead atoms. The summed E-state index contributed by atoms with van der Waals surface area (Å²) in [6.07, 6.45) is 11.4. The van der Waals surface area contributed by atoms with Crippen LogP contribution in [0, 0.1) is 0 Å². The van der Waals surface area contributed by atoms with Gasteiger partial charge < -0.3 is 5.11 Å². The van der Waals surface area contributed by atoms with Crippen LogP contribution in [0.4, 0.5) is 0 Å². The van der Waals surface area contributed by atoms with Crippen molar-refractivity contribution < 1.29 is 5.11 Å². The number of aliphatic hydroxyl groups is 1. The number of likely N-dealkylation sites (tertiary alicyclic amines) is 1. The Hall–Kier alpha value is -0.0800. The van der Waals surface area contributed by atoms with Gasteiger partial charge in [-0.05, 0) is 51.5 Å². The molecule has 2 rings (SSSR count). The molecule has 1 saturated heterocycles. The first-order valence-corrected chi connectivity index (χ1v) is 7.25. The summed E-state index contributed by atoms with van der Waals surface area (Å²) in [6, 6.07) is 1.46. The summed E-state index contributed by atoms with van der Waals surface area (Å²) in [6.45, 7) is 3.60. The summed E-state index contributed by atoms with van der Waals surface area (Å²) in [7, 11) is 0. The molecule has 2 nitrogen and oxygen atoms in total. The third kappa shape index (κ3) is 2.98. The van der Waals surface area contributed by atoms with Crippen LogP contribution in [0.3, 0.4) is 0 Å². The van der Waals surface area contributed by atoms with Gasteiger partial charge in [0.15, 0.2) is 0 Å². The fourth-order valence-electron chi connectivity index (χ4n) is 3.56. The van der Waals surface area contributed by atoms with Crippen molar-refractivity contribution in [3.05, 3.63) is 0 Å². The van der Waals surface area contributed by atoms with Crippen LogP contribution >= 0.6 is 0 Å². The van der Waals surface area contributed by atoms with Crippen molar-refractivity contribution >= 4 is 0 Å². The normalized spacial score (nSPS) is 38.2. The van der Waals surface area contributed by atoms with Gasteiger partial charge >= 0.3 is 0 Å². The van der Waals surface area contributed by atoms with E-state index < -0.39 is 0 Å². The first kappa shape index (κ1) is 12.4. The average molecular weight is 225 g/mol. The van der Waals surface area contributed by atoms with Gasteiger partial charge in [-0.25, -0.2) is 0 Å². The molecule has 1 saturated carbocycles. The Kier molecular flexibility index (Phi) is 4.66. The molecule has 94 valence electrons. The maximum absolute atomic E-state index is 9.81. The zero-order chi connectivity index (χ0) is 11.4. The second kappa shape index (κ2) is 6.02. The van der Waals surface area contributed by atoms with Crippen LogP contribution in [0.2, 0.25) is 0 Å². The molecule has 2 heteroatoms. The Balaban J connectivity index is 1.97. The summed E-state index contributed by atoms with van der Waals surface area (Å²) in [4.78, 5) is 2.73. The number of rotatable bonds is 2. The van der Waals surface area contributed by atoms with Gasteiger partial charge in [-0.2, -0.15) is 0 Å². The minimum Gasteiger partial charge on any atom is -0.393 e. The molecule has 0 aromatic carbocycles. The SMILES string of the molecule is CCC1CCCCCN1C1CCCC(O)C1. The molecule has 16 heavy (non-hydrogen) atoms. The van der Waals surface area contributed by atoms with E-state index in [0.29, 0.717) is 6.04 Å².